The number of fused-ring (bicyclic) bond motifs is 7. The maximum atomic E-state index is 12.7. The van der Waals surface area contributed by atoms with Crippen molar-refractivity contribution in [3.63, 3.8) is 0 Å². The van der Waals surface area contributed by atoms with E-state index >= 15 is 0 Å². The third-order valence-corrected chi connectivity index (χ3v) is 9.96. The van der Waals surface area contributed by atoms with Crippen LogP contribution in [0.25, 0.3) is 16.6 Å². The lowest BCUT2D eigenvalue weighted by atomic mass is 9.70. The minimum absolute atomic E-state index is 0.121. The molecule has 1 spiro atoms. The molecule has 0 atom stereocenters. The molecule has 1 saturated heterocycles. The summed E-state index contributed by atoms with van der Waals surface area (Å²) >= 11 is 6.32. The number of hydrogen-bond donors (Lipinski definition) is 1. The maximum absolute atomic E-state index is 12.7. The van der Waals surface area contributed by atoms with Gasteiger partial charge in [0.2, 0.25) is 0 Å². The fourth-order valence-corrected chi connectivity index (χ4v) is 7.86. The van der Waals surface area contributed by atoms with E-state index in [1.165, 1.54) is 82.9 Å². The molecule has 0 amide bonds. The van der Waals surface area contributed by atoms with E-state index < -0.39 is 0 Å². The number of aliphatic hydroxyl groups excluding tert-OH is 1. The first kappa shape index (κ1) is 29.3. The number of likely N-dealkylation sites (tertiary alicyclic amines) is 1. The number of rotatable bonds is 2. The van der Waals surface area contributed by atoms with Crippen LogP contribution in [0.3, 0.4) is 0 Å². The van der Waals surface area contributed by atoms with Crippen molar-refractivity contribution in [1.29, 1.82) is 0 Å². The van der Waals surface area contributed by atoms with Gasteiger partial charge in [-0.2, -0.15) is 4.98 Å². The lowest BCUT2D eigenvalue weighted by Gasteiger charge is -2.38. The van der Waals surface area contributed by atoms with Gasteiger partial charge >= 0.3 is 0 Å². The molecule has 2 aliphatic carbocycles. The first-order valence-electron chi connectivity index (χ1n) is 15.8. The summed E-state index contributed by atoms with van der Waals surface area (Å²) in [7, 11) is 0. The summed E-state index contributed by atoms with van der Waals surface area (Å²) in [5.41, 5.74) is 3.00. The second-order valence-electron chi connectivity index (χ2n) is 11.8. The van der Waals surface area contributed by atoms with Crippen LogP contribution in [0.1, 0.15) is 102 Å². The zero-order chi connectivity index (χ0) is 28.1. The van der Waals surface area contributed by atoms with E-state index in [4.69, 9.17) is 16.7 Å². The van der Waals surface area contributed by atoms with Crippen LogP contribution >= 0.6 is 11.6 Å². The summed E-state index contributed by atoms with van der Waals surface area (Å²) in [5, 5.41) is 10.1. The largest absolute Gasteiger partial charge is 0.396 e. The van der Waals surface area contributed by atoms with Crippen LogP contribution in [0.5, 0.6) is 0 Å². The van der Waals surface area contributed by atoms with Gasteiger partial charge in [-0.1, -0.05) is 75.4 Å². The molecule has 1 N–H and O–H groups in total. The van der Waals surface area contributed by atoms with E-state index in [0.29, 0.717) is 22.9 Å². The van der Waals surface area contributed by atoms with Crippen molar-refractivity contribution in [1.82, 2.24) is 14.5 Å². The average molecular weight is 564 g/mol. The fourth-order valence-electron chi connectivity index (χ4n) is 7.61. The molecule has 0 radical (unpaired) electrons. The molecule has 0 unspecified atom stereocenters. The summed E-state index contributed by atoms with van der Waals surface area (Å²) in [4.78, 5) is 20.0. The number of aliphatic hydroxyl groups is 1. The van der Waals surface area contributed by atoms with Crippen LogP contribution < -0.4 is 5.56 Å². The van der Waals surface area contributed by atoms with E-state index in [1.807, 2.05) is 26.0 Å². The lowest BCUT2D eigenvalue weighted by Crippen LogP contribution is -2.41. The Morgan fingerprint density at radius 2 is 1.57 bits per heavy atom. The van der Waals surface area contributed by atoms with Crippen molar-refractivity contribution in [3.8, 4) is 5.69 Å². The SMILES string of the molecule is CC.O=c1nc2n(c3cccc(Cl)c13)-c1ccccc1C21CCCCC1.OCC1CCC(N2CCCCC2)CC1. The highest BCUT2D eigenvalue weighted by Gasteiger charge is 2.46. The maximum Gasteiger partial charge on any atom is 0.282 e. The van der Waals surface area contributed by atoms with Crippen LogP contribution in [-0.4, -0.2) is 45.3 Å². The molecule has 0 bridgehead atoms. The first-order chi connectivity index (χ1) is 19.6. The third kappa shape index (κ3) is 5.49. The predicted octanol–water partition coefficient (Wildman–Crippen LogP) is 7.65. The van der Waals surface area contributed by atoms with Crippen molar-refractivity contribution >= 4 is 22.5 Å². The molecule has 7 rings (SSSR count). The van der Waals surface area contributed by atoms with Crippen LogP contribution in [0.15, 0.2) is 47.3 Å². The van der Waals surface area contributed by atoms with Gasteiger partial charge in [-0.05, 0) is 94.1 Å². The molecule has 5 nitrogen and oxygen atoms in total. The Labute approximate surface area is 244 Å². The molecule has 40 heavy (non-hydrogen) atoms. The molecule has 4 aliphatic rings. The quantitative estimate of drug-likeness (QED) is 0.348. The third-order valence-electron chi connectivity index (χ3n) is 9.64. The zero-order valence-electron chi connectivity index (χ0n) is 24.4. The van der Waals surface area contributed by atoms with Gasteiger partial charge in [0.15, 0.2) is 0 Å². The van der Waals surface area contributed by atoms with Crippen molar-refractivity contribution < 1.29 is 5.11 Å². The Hall–Kier alpha value is -2.21. The van der Waals surface area contributed by atoms with Gasteiger partial charge in [0, 0.05) is 12.6 Å². The lowest BCUT2D eigenvalue weighted by molar-refractivity contribution is 0.0958. The van der Waals surface area contributed by atoms with E-state index in [2.05, 4.69) is 38.7 Å². The zero-order valence-corrected chi connectivity index (χ0v) is 25.1. The molecule has 3 fully saturated rings. The Morgan fingerprint density at radius 1 is 0.900 bits per heavy atom. The average Bonchev–Trinajstić information content (AvgIpc) is 3.28. The summed E-state index contributed by atoms with van der Waals surface area (Å²) in [6.07, 6.45) is 15.1. The molecule has 3 aromatic rings. The van der Waals surface area contributed by atoms with Crippen molar-refractivity contribution in [2.24, 2.45) is 5.92 Å². The number of benzene rings is 2. The molecule has 2 aliphatic heterocycles. The van der Waals surface area contributed by atoms with E-state index in [0.717, 1.165) is 35.9 Å². The smallest absolute Gasteiger partial charge is 0.282 e. The molecule has 6 heteroatoms. The fraction of sp³-hybridized carbons (Fsp3) is 0.588. The molecule has 216 valence electrons. The molecule has 2 saturated carbocycles. The van der Waals surface area contributed by atoms with Crippen LogP contribution in [0, 0.1) is 5.92 Å². The van der Waals surface area contributed by atoms with E-state index in [1.54, 1.807) is 6.07 Å². The predicted molar refractivity (Wildman–Crippen MR) is 166 cm³/mol. The van der Waals surface area contributed by atoms with Crippen LogP contribution in [0.2, 0.25) is 5.02 Å². The van der Waals surface area contributed by atoms with Gasteiger partial charge in [-0.3, -0.25) is 9.36 Å². The van der Waals surface area contributed by atoms with Gasteiger partial charge in [0.1, 0.15) is 5.82 Å². The number of aromatic nitrogens is 2. The van der Waals surface area contributed by atoms with Gasteiger partial charge < -0.3 is 10.0 Å². The topological polar surface area (TPSA) is 58.4 Å². The van der Waals surface area contributed by atoms with Crippen LogP contribution in [0.4, 0.5) is 0 Å². The highest BCUT2D eigenvalue weighted by Crippen LogP contribution is 2.51. The molecular formula is C34H46ClN3O2. The van der Waals surface area contributed by atoms with E-state index in [9.17, 15) is 4.79 Å². The Bertz CT molecular complexity index is 1330. The highest BCUT2D eigenvalue weighted by molar-refractivity contribution is 6.35. The summed E-state index contributed by atoms with van der Waals surface area (Å²) < 4.78 is 2.17. The second kappa shape index (κ2) is 13.2. The highest BCUT2D eigenvalue weighted by atomic mass is 35.5. The number of halogens is 1. The molecule has 1 aromatic heterocycles. The summed E-state index contributed by atoms with van der Waals surface area (Å²) in [6.45, 7) is 7.07. The summed E-state index contributed by atoms with van der Waals surface area (Å²) in [6, 6.07) is 15.0. The summed E-state index contributed by atoms with van der Waals surface area (Å²) in [5.74, 6) is 1.51. The van der Waals surface area contributed by atoms with Crippen molar-refractivity contribution in [2.45, 2.75) is 102 Å². The first-order valence-corrected chi connectivity index (χ1v) is 16.2. The number of piperidine rings is 1. The number of nitrogens with zero attached hydrogens (tertiary/aromatic N) is 3. The Morgan fingerprint density at radius 3 is 2.27 bits per heavy atom. The monoisotopic (exact) mass is 563 g/mol. The number of hydrogen-bond acceptors (Lipinski definition) is 4. The second-order valence-corrected chi connectivity index (χ2v) is 12.2. The van der Waals surface area contributed by atoms with E-state index in [-0.39, 0.29) is 11.0 Å². The minimum atomic E-state index is -0.209. The standard InChI is InChI=1S/C20H17ClN2O.C12H23NO.C2H6/c21-14-8-6-10-16-17(14)18(24)22-19-20(11-4-1-5-12-20)13-7-2-3-9-15(13)23(16)19;14-10-11-4-6-12(7-5-11)13-8-2-1-3-9-13;1-2/h2-3,6-10H,1,4-5,11-12H2;11-12,14H,1-10H2;1-2H3. The Kier molecular flexibility index (Phi) is 9.65. The van der Waals surface area contributed by atoms with Crippen molar-refractivity contribution in [3.05, 3.63) is 69.2 Å². The van der Waals surface area contributed by atoms with Crippen LogP contribution in [-0.2, 0) is 5.41 Å². The molecular weight excluding hydrogens is 518 g/mol. The van der Waals surface area contributed by atoms with Gasteiger partial charge in [-0.15, -0.1) is 0 Å². The minimum Gasteiger partial charge on any atom is -0.396 e. The van der Waals surface area contributed by atoms with Crippen molar-refractivity contribution in [2.75, 3.05) is 19.7 Å². The van der Waals surface area contributed by atoms with Gasteiger partial charge in [-0.25, -0.2) is 0 Å². The molecule has 3 heterocycles. The normalized spacial score (nSPS) is 23.4. The molecule has 2 aromatic carbocycles. The van der Waals surface area contributed by atoms with Gasteiger partial charge in [0.25, 0.3) is 5.56 Å². The number of para-hydroxylation sites is 1. The Balaban J connectivity index is 0.000000173. The van der Waals surface area contributed by atoms with Gasteiger partial charge in [0.05, 0.1) is 27.0 Å².